The normalized spacial score (nSPS) is 14.7. The number of carboxylic acid groups (broad SMARTS) is 1. The van der Waals surface area contributed by atoms with E-state index in [1.165, 1.54) is 6.42 Å². The summed E-state index contributed by atoms with van der Waals surface area (Å²) in [7, 11) is 0. The fraction of sp³-hybridized carbons (Fsp3) is 0.394. The van der Waals surface area contributed by atoms with E-state index in [0.717, 1.165) is 80.8 Å². The molecule has 1 fully saturated rings. The van der Waals surface area contributed by atoms with Crippen molar-refractivity contribution in [3.8, 4) is 21.8 Å². The van der Waals surface area contributed by atoms with Crippen molar-refractivity contribution in [3.63, 3.8) is 0 Å². The molecule has 0 radical (unpaired) electrons. The Morgan fingerprint density at radius 3 is 2.49 bits per heavy atom. The maximum absolute atomic E-state index is 13.1. The van der Waals surface area contributed by atoms with Gasteiger partial charge in [0.2, 0.25) is 0 Å². The average Bonchev–Trinajstić information content (AvgIpc) is 3.44. The molecule has 0 spiro atoms. The van der Waals surface area contributed by atoms with Gasteiger partial charge in [-0.1, -0.05) is 31.4 Å². The van der Waals surface area contributed by atoms with Crippen LogP contribution in [0.2, 0.25) is 0 Å². The lowest BCUT2D eigenvalue weighted by molar-refractivity contribution is -0.155. The Balaban J connectivity index is 1.64. The number of aryl methyl sites for hydroxylation is 2. The molecule has 0 bridgehead atoms. The van der Waals surface area contributed by atoms with Crippen LogP contribution in [0.4, 0.5) is 0 Å². The number of rotatable bonds is 7. The molecule has 0 unspecified atom stereocenters. The molecule has 0 atom stereocenters. The molecule has 0 saturated heterocycles. The number of thiazole rings is 1. The van der Waals surface area contributed by atoms with Gasteiger partial charge in [0.05, 0.1) is 32.5 Å². The number of carbonyl (C=O) groups excluding carboxylic acids is 1. The van der Waals surface area contributed by atoms with E-state index in [4.69, 9.17) is 9.72 Å². The third-order valence-corrected chi connectivity index (χ3v) is 8.50. The summed E-state index contributed by atoms with van der Waals surface area (Å²) in [6.45, 7) is 9.54. The van der Waals surface area contributed by atoms with Gasteiger partial charge in [-0.2, -0.15) is 0 Å². The van der Waals surface area contributed by atoms with Gasteiger partial charge >= 0.3 is 11.9 Å². The number of nitrogens with zero attached hydrogens (tertiary/aromatic N) is 3. The number of pyridine rings is 1. The second kappa shape index (κ2) is 11.6. The minimum Gasteiger partial charge on any atom is -0.478 e. The zero-order valence-corrected chi connectivity index (χ0v) is 25.2. The first-order valence-corrected chi connectivity index (χ1v) is 15.0. The fourth-order valence-corrected chi connectivity index (χ4v) is 6.66. The second-order valence-corrected chi connectivity index (χ2v) is 13.0. The molecule has 1 saturated carbocycles. The molecule has 214 valence electrons. The van der Waals surface area contributed by atoms with Gasteiger partial charge in [-0.15, -0.1) is 11.3 Å². The molecule has 7 nitrogen and oxygen atoms in total. The molecule has 3 aromatic heterocycles. The van der Waals surface area contributed by atoms with Crippen molar-refractivity contribution in [2.75, 3.05) is 0 Å². The quantitative estimate of drug-likeness (QED) is 0.179. The molecule has 8 heteroatoms. The minimum atomic E-state index is -1.03. The lowest BCUT2D eigenvalue weighted by Gasteiger charge is -2.24. The van der Waals surface area contributed by atoms with Crippen LogP contribution in [0.1, 0.15) is 80.8 Å². The summed E-state index contributed by atoms with van der Waals surface area (Å²) < 4.78 is 7.61. The summed E-state index contributed by atoms with van der Waals surface area (Å²) in [6.07, 6.45) is 8.38. The lowest BCUT2D eigenvalue weighted by atomic mass is 9.83. The summed E-state index contributed by atoms with van der Waals surface area (Å²) in [6, 6.07) is 12.4. The van der Waals surface area contributed by atoms with Crippen molar-refractivity contribution in [2.45, 2.75) is 84.8 Å². The van der Waals surface area contributed by atoms with E-state index >= 15 is 0 Å². The first-order valence-electron chi connectivity index (χ1n) is 14.2. The maximum Gasteiger partial charge on any atom is 0.328 e. The molecular formula is C33H37N3O4S. The number of benzene rings is 1. The molecule has 1 N–H and O–H groups in total. The van der Waals surface area contributed by atoms with Crippen LogP contribution in [0.25, 0.3) is 38.8 Å². The van der Waals surface area contributed by atoms with E-state index < -0.39 is 11.6 Å². The highest BCUT2D eigenvalue weighted by atomic mass is 32.1. The van der Waals surface area contributed by atoms with E-state index in [1.807, 2.05) is 51.3 Å². The van der Waals surface area contributed by atoms with Crippen molar-refractivity contribution < 1.29 is 19.4 Å². The van der Waals surface area contributed by atoms with Crippen molar-refractivity contribution in [2.24, 2.45) is 0 Å². The number of esters is 1. The van der Waals surface area contributed by atoms with Crippen LogP contribution in [0, 0.1) is 13.8 Å². The molecule has 41 heavy (non-hydrogen) atoms. The fourth-order valence-electron chi connectivity index (χ4n) is 5.77. The first kappa shape index (κ1) is 28.7. The molecule has 3 heterocycles. The van der Waals surface area contributed by atoms with E-state index in [-0.39, 0.29) is 12.5 Å². The van der Waals surface area contributed by atoms with Gasteiger partial charge in [-0.05, 0) is 94.8 Å². The number of carboxylic acids is 1. The zero-order chi connectivity index (χ0) is 29.3. The second-order valence-electron chi connectivity index (χ2n) is 11.8. The SMILES string of the molecule is Cc1nc(C)c(-c2ccc3cc(-c4c(C5CCCCC5)cc(/C=C/C(=O)O)n4CC(=O)OC(C)(C)C)ccc3n2)s1. The van der Waals surface area contributed by atoms with Crippen LogP contribution in [-0.2, 0) is 20.9 Å². The van der Waals surface area contributed by atoms with Gasteiger partial charge in [0.15, 0.2) is 0 Å². The Labute approximate surface area is 244 Å². The van der Waals surface area contributed by atoms with Gasteiger partial charge in [-0.3, -0.25) is 4.79 Å². The third kappa shape index (κ3) is 6.59. The summed E-state index contributed by atoms with van der Waals surface area (Å²) in [5.74, 6) is -1.06. The predicted octanol–water partition coefficient (Wildman–Crippen LogP) is 7.93. The van der Waals surface area contributed by atoms with Crippen LogP contribution in [0.5, 0.6) is 0 Å². The highest BCUT2D eigenvalue weighted by Crippen LogP contribution is 2.41. The Hall–Kier alpha value is -3.78. The van der Waals surface area contributed by atoms with Crippen LogP contribution in [-0.4, -0.2) is 37.2 Å². The molecular weight excluding hydrogens is 534 g/mol. The molecule has 1 aromatic carbocycles. The highest BCUT2D eigenvalue weighted by Gasteiger charge is 2.27. The topological polar surface area (TPSA) is 94.3 Å². The van der Waals surface area contributed by atoms with Gasteiger partial charge in [0.25, 0.3) is 0 Å². The molecule has 1 aliphatic rings. The number of carbonyl (C=O) groups is 2. The summed E-state index contributed by atoms with van der Waals surface area (Å²) in [5.41, 5.74) is 5.88. The van der Waals surface area contributed by atoms with Gasteiger partial charge in [0.1, 0.15) is 12.1 Å². The maximum atomic E-state index is 13.1. The van der Waals surface area contributed by atoms with Crippen molar-refractivity contribution in [1.82, 2.24) is 14.5 Å². The number of ether oxygens (including phenoxy) is 1. The standard InChI is InChI=1S/C33H37N3O4S/c1-20-32(41-21(2)34-20)28-15-11-23-17-24(12-14-27(23)35-28)31-26(22-9-7-6-8-10-22)18-25(13-16-29(37)38)36(31)19-30(39)40-33(3,4)5/h11-18,22H,6-10,19H2,1-5H3,(H,37,38)/b16-13+. The molecule has 0 aliphatic heterocycles. The number of aliphatic carboxylic acids is 1. The van der Waals surface area contributed by atoms with Crippen molar-refractivity contribution in [1.29, 1.82) is 0 Å². The van der Waals surface area contributed by atoms with Gasteiger partial charge in [-0.25, -0.2) is 14.8 Å². The minimum absolute atomic E-state index is 0.0160. The molecule has 0 amide bonds. The zero-order valence-electron chi connectivity index (χ0n) is 24.4. The van der Waals surface area contributed by atoms with Crippen LogP contribution < -0.4 is 0 Å². The Morgan fingerprint density at radius 1 is 1.07 bits per heavy atom. The predicted molar refractivity (Wildman–Crippen MR) is 164 cm³/mol. The lowest BCUT2D eigenvalue weighted by Crippen LogP contribution is -2.27. The van der Waals surface area contributed by atoms with Crippen LogP contribution >= 0.6 is 11.3 Å². The summed E-state index contributed by atoms with van der Waals surface area (Å²) in [4.78, 5) is 35.1. The highest BCUT2D eigenvalue weighted by molar-refractivity contribution is 7.15. The van der Waals surface area contributed by atoms with Crippen molar-refractivity contribution >= 4 is 40.3 Å². The van der Waals surface area contributed by atoms with E-state index in [1.54, 1.807) is 17.4 Å². The Bertz CT molecular complexity index is 1630. The van der Waals surface area contributed by atoms with Crippen molar-refractivity contribution in [3.05, 3.63) is 64.4 Å². The van der Waals surface area contributed by atoms with E-state index in [2.05, 4.69) is 29.2 Å². The van der Waals surface area contributed by atoms with Gasteiger partial charge in [0, 0.05) is 17.2 Å². The molecule has 4 aromatic rings. The first-order chi connectivity index (χ1) is 19.5. The number of aromatic nitrogens is 3. The number of hydrogen-bond donors (Lipinski definition) is 1. The average molecular weight is 572 g/mol. The molecule has 1 aliphatic carbocycles. The Kier molecular flexibility index (Phi) is 8.13. The van der Waals surface area contributed by atoms with E-state index in [0.29, 0.717) is 11.6 Å². The summed E-state index contributed by atoms with van der Waals surface area (Å²) >= 11 is 1.65. The Morgan fingerprint density at radius 2 is 1.83 bits per heavy atom. The third-order valence-electron chi connectivity index (χ3n) is 7.41. The van der Waals surface area contributed by atoms with Crippen LogP contribution in [0.3, 0.4) is 0 Å². The molecule has 5 rings (SSSR count). The monoisotopic (exact) mass is 571 g/mol. The largest absolute Gasteiger partial charge is 0.478 e. The summed E-state index contributed by atoms with van der Waals surface area (Å²) in [5, 5.41) is 11.4. The van der Waals surface area contributed by atoms with Crippen LogP contribution in [0.15, 0.2) is 42.5 Å². The number of fused-ring (bicyclic) bond motifs is 1. The number of hydrogen-bond acceptors (Lipinski definition) is 6. The van der Waals surface area contributed by atoms with E-state index in [9.17, 15) is 14.7 Å². The smallest absolute Gasteiger partial charge is 0.328 e. The van der Waals surface area contributed by atoms with Gasteiger partial charge < -0.3 is 14.4 Å².